The van der Waals surface area contributed by atoms with Gasteiger partial charge in [0.25, 0.3) is 5.69 Å². The van der Waals surface area contributed by atoms with Crippen molar-refractivity contribution in [2.75, 3.05) is 11.9 Å². The molecular weight excluding hydrogens is 343 g/mol. The van der Waals surface area contributed by atoms with E-state index in [-0.39, 0.29) is 22.4 Å². The van der Waals surface area contributed by atoms with Gasteiger partial charge in [-0.15, -0.1) is 0 Å². The zero-order valence-electron chi connectivity index (χ0n) is 10.8. The van der Waals surface area contributed by atoms with Gasteiger partial charge in [-0.1, -0.05) is 30.3 Å². The molecule has 7 heteroatoms. The number of hydrogen-bond donors (Lipinski definition) is 2. The van der Waals surface area contributed by atoms with Crippen LogP contribution in [0.15, 0.2) is 46.9 Å². The quantitative estimate of drug-likeness (QED) is 0.634. The smallest absolute Gasteiger partial charge is 0.295 e. The summed E-state index contributed by atoms with van der Waals surface area (Å²) in [6.07, 6.45) is -0.824. The molecule has 0 amide bonds. The first-order chi connectivity index (χ1) is 9.99. The highest BCUT2D eigenvalue weighted by molar-refractivity contribution is 9.10. The van der Waals surface area contributed by atoms with E-state index in [9.17, 15) is 19.6 Å². The van der Waals surface area contributed by atoms with Gasteiger partial charge in [0.2, 0.25) is 0 Å². The second-order valence-corrected chi connectivity index (χ2v) is 5.20. The molecule has 0 spiro atoms. The van der Waals surface area contributed by atoms with Gasteiger partial charge in [0.1, 0.15) is 11.5 Å². The Labute approximate surface area is 128 Å². The average molecular weight is 355 g/mol. The standard InChI is InChI=1S/C14H12BrFN2O3/c15-10-6-12(13(18(20)21)7-11(10)16)17-8-14(19)9-4-2-1-3-5-9/h1-7,14,17,19H,8H2. The second kappa shape index (κ2) is 6.64. The fourth-order valence-electron chi connectivity index (χ4n) is 1.83. The minimum absolute atomic E-state index is 0.0723. The molecule has 5 nitrogen and oxygen atoms in total. The summed E-state index contributed by atoms with van der Waals surface area (Å²) < 4.78 is 13.5. The lowest BCUT2D eigenvalue weighted by atomic mass is 10.1. The summed E-state index contributed by atoms with van der Waals surface area (Å²) in [4.78, 5) is 10.2. The number of rotatable bonds is 5. The van der Waals surface area contributed by atoms with Gasteiger partial charge in [-0.05, 0) is 27.6 Å². The van der Waals surface area contributed by atoms with Gasteiger partial charge in [-0.25, -0.2) is 4.39 Å². The topological polar surface area (TPSA) is 75.4 Å². The second-order valence-electron chi connectivity index (χ2n) is 4.35. The van der Waals surface area contributed by atoms with Crippen LogP contribution < -0.4 is 5.32 Å². The molecule has 0 bridgehead atoms. The third kappa shape index (κ3) is 3.77. The molecule has 0 saturated heterocycles. The van der Waals surface area contributed by atoms with Crippen molar-refractivity contribution < 1.29 is 14.4 Å². The average Bonchev–Trinajstić information content (AvgIpc) is 2.48. The monoisotopic (exact) mass is 354 g/mol. The van der Waals surface area contributed by atoms with Crippen LogP contribution in [-0.4, -0.2) is 16.6 Å². The van der Waals surface area contributed by atoms with Crippen LogP contribution in [0.25, 0.3) is 0 Å². The summed E-state index contributed by atoms with van der Waals surface area (Å²) in [5.41, 5.74) is 0.452. The van der Waals surface area contributed by atoms with Crippen molar-refractivity contribution in [1.82, 2.24) is 0 Å². The van der Waals surface area contributed by atoms with Crippen LogP contribution in [0.1, 0.15) is 11.7 Å². The number of nitro benzene ring substituents is 1. The van der Waals surface area contributed by atoms with Crippen molar-refractivity contribution >= 4 is 27.3 Å². The van der Waals surface area contributed by atoms with Crippen LogP contribution in [0, 0.1) is 15.9 Å². The summed E-state index contributed by atoms with van der Waals surface area (Å²) in [6, 6.07) is 11.0. The highest BCUT2D eigenvalue weighted by atomic mass is 79.9. The zero-order chi connectivity index (χ0) is 15.4. The van der Waals surface area contributed by atoms with Gasteiger partial charge >= 0.3 is 0 Å². The third-order valence-electron chi connectivity index (χ3n) is 2.91. The number of halogens is 2. The molecule has 0 aromatic heterocycles. The van der Waals surface area contributed by atoms with E-state index in [1.165, 1.54) is 6.07 Å². The van der Waals surface area contributed by atoms with Crippen LogP contribution in [0.3, 0.4) is 0 Å². The van der Waals surface area contributed by atoms with E-state index in [1.807, 2.05) is 6.07 Å². The molecule has 21 heavy (non-hydrogen) atoms. The molecule has 2 aromatic rings. The van der Waals surface area contributed by atoms with E-state index >= 15 is 0 Å². The third-order valence-corrected chi connectivity index (χ3v) is 3.51. The SMILES string of the molecule is O=[N+]([O-])c1cc(F)c(Br)cc1NCC(O)c1ccccc1. The molecule has 1 unspecified atom stereocenters. The molecule has 110 valence electrons. The van der Waals surface area contributed by atoms with Gasteiger partial charge in [0, 0.05) is 6.54 Å². The van der Waals surface area contributed by atoms with E-state index in [2.05, 4.69) is 21.2 Å². The highest BCUT2D eigenvalue weighted by Crippen LogP contribution is 2.31. The number of nitrogens with one attached hydrogen (secondary N) is 1. The van der Waals surface area contributed by atoms with E-state index in [0.717, 1.165) is 6.07 Å². The highest BCUT2D eigenvalue weighted by Gasteiger charge is 2.18. The number of aliphatic hydroxyl groups excluding tert-OH is 1. The van der Waals surface area contributed by atoms with Crippen molar-refractivity contribution in [3.8, 4) is 0 Å². The minimum Gasteiger partial charge on any atom is -0.387 e. The minimum atomic E-state index is -0.824. The van der Waals surface area contributed by atoms with E-state index < -0.39 is 16.8 Å². The Morgan fingerprint density at radius 1 is 1.33 bits per heavy atom. The summed E-state index contributed by atoms with van der Waals surface area (Å²) in [5.74, 6) is -0.712. The van der Waals surface area contributed by atoms with Gasteiger partial charge < -0.3 is 10.4 Å². The Morgan fingerprint density at radius 2 is 2.00 bits per heavy atom. The van der Waals surface area contributed by atoms with Crippen LogP contribution in [-0.2, 0) is 0 Å². The number of anilines is 1. The molecule has 0 radical (unpaired) electrons. The lowest BCUT2D eigenvalue weighted by Gasteiger charge is -2.13. The van der Waals surface area contributed by atoms with E-state index in [1.54, 1.807) is 24.3 Å². The first-order valence-electron chi connectivity index (χ1n) is 6.09. The Balaban J connectivity index is 2.16. The molecule has 2 aromatic carbocycles. The predicted octanol–water partition coefficient (Wildman–Crippen LogP) is 3.64. The van der Waals surface area contributed by atoms with Gasteiger partial charge in [0.15, 0.2) is 0 Å². The van der Waals surface area contributed by atoms with Crippen LogP contribution in [0.2, 0.25) is 0 Å². The molecule has 0 heterocycles. The molecular formula is C14H12BrFN2O3. The lowest BCUT2D eigenvalue weighted by molar-refractivity contribution is -0.384. The Bertz CT molecular complexity index is 652. The zero-order valence-corrected chi connectivity index (χ0v) is 12.4. The first-order valence-corrected chi connectivity index (χ1v) is 6.88. The number of aliphatic hydroxyl groups is 1. The van der Waals surface area contributed by atoms with Gasteiger partial charge in [0.05, 0.1) is 21.6 Å². The van der Waals surface area contributed by atoms with Crippen molar-refractivity contribution in [3.05, 3.63) is 68.4 Å². The molecule has 0 fully saturated rings. The lowest BCUT2D eigenvalue weighted by Crippen LogP contribution is -2.13. The summed E-state index contributed by atoms with van der Waals surface area (Å²) in [6.45, 7) is 0.0723. The fourth-order valence-corrected chi connectivity index (χ4v) is 2.17. The molecule has 2 rings (SSSR count). The molecule has 0 aliphatic carbocycles. The van der Waals surface area contributed by atoms with Crippen LogP contribution in [0.5, 0.6) is 0 Å². The first kappa shape index (κ1) is 15.4. The molecule has 2 N–H and O–H groups in total. The maximum Gasteiger partial charge on any atom is 0.295 e. The number of nitro groups is 1. The van der Waals surface area contributed by atoms with Crippen LogP contribution >= 0.6 is 15.9 Å². The molecule has 0 aliphatic rings. The van der Waals surface area contributed by atoms with E-state index in [4.69, 9.17) is 0 Å². The largest absolute Gasteiger partial charge is 0.387 e. The Morgan fingerprint density at radius 3 is 2.62 bits per heavy atom. The summed E-state index contributed by atoms with van der Waals surface area (Å²) in [5, 5.41) is 23.7. The van der Waals surface area contributed by atoms with Crippen molar-refractivity contribution in [3.63, 3.8) is 0 Å². The molecule has 0 aliphatic heterocycles. The molecule has 1 atom stereocenters. The van der Waals surface area contributed by atoms with Gasteiger partial charge in [-0.3, -0.25) is 10.1 Å². The van der Waals surface area contributed by atoms with E-state index in [0.29, 0.717) is 5.56 Å². The maximum atomic E-state index is 13.4. The summed E-state index contributed by atoms with van der Waals surface area (Å²) in [7, 11) is 0. The van der Waals surface area contributed by atoms with Crippen molar-refractivity contribution in [1.29, 1.82) is 0 Å². The fraction of sp³-hybridized carbons (Fsp3) is 0.143. The van der Waals surface area contributed by atoms with Gasteiger partial charge in [-0.2, -0.15) is 0 Å². The maximum absolute atomic E-state index is 13.4. The van der Waals surface area contributed by atoms with Crippen molar-refractivity contribution in [2.45, 2.75) is 6.10 Å². The number of hydrogen-bond acceptors (Lipinski definition) is 4. The number of nitrogens with zero attached hydrogens (tertiary/aromatic N) is 1. The Kier molecular flexibility index (Phi) is 4.87. The van der Waals surface area contributed by atoms with Crippen LogP contribution in [0.4, 0.5) is 15.8 Å². The molecule has 0 saturated carbocycles. The predicted molar refractivity (Wildman–Crippen MR) is 80.6 cm³/mol. The van der Waals surface area contributed by atoms with Crippen molar-refractivity contribution in [2.24, 2.45) is 0 Å². The Hall–Kier alpha value is -1.99. The summed E-state index contributed by atoms with van der Waals surface area (Å²) >= 11 is 2.98. The normalized spacial score (nSPS) is 12.0. The number of benzene rings is 2.